The lowest BCUT2D eigenvalue weighted by Gasteiger charge is -2.00. The summed E-state index contributed by atoms with van der Waals surface area (Å²) in [6.45, 7) is 0.107. The summed E-state index contributed by atoms with van der Waals surface area (Å²) in [5.74, 6) is 0.0920. The zero-order valence-corrected chi connectivity index (χ0v) is 12.7. The number of nitrogens with zero attached hydrogens (tertiary/aromatic N) is 1. The van der Waals surface area contributed by atoms with Crippen LogP contribution in [0.3, 0.4) is 0 Å². The average Bonchev–Trinajstić information content (AvgIpc) is 2.95. The summed E-state index contributed by atoms with van der Waals surface area (Å²) >= 11 is 1.17. The maximum atomic E-state index is 12.1. The van der Waals surface area contributed by atoms with Crippen molar-refractivity contribution in [2.75, 3.05) is 12.4 Å². The van der Waals surface area contributed by atoms with Crippen LogP contribution in [0.25, 0.3) is 11.3 Å². The number of aliphatic hydroxyl groups is 1. The molecule has 0 aliphatic rings. The molecule has 0 bridgehead atoms. The molecule has 1 heterocycles. The van der Waals surface area contributed by atoms with E-state index >= 15 is 0 Å². The van der Waals surface area contributed by atoms with Crippen molar-refractivity contribution < 1.29 is 13.5 Å². The van der Waals surface area contributed by atoms with Gasteiger partial charge in [0.15, 0.2) is 0 Å². The fraction of sp³-hybridized carbons (Fsp3) is 0.357. The van der Waals surface area contributed by atoms with Crippen molar-refractivity contribution in [3.8, 4) is 11.3 Å². The molecule has 108 valence electrons. The molecule has 0 unspecified atom stereocenters. The number of unbranched alkanes of at least 4 members (excludes halogenated alkanes) is 2. The molecule has 0 aliphatic heterocycles. The van der Waals surface area contributed by atoms with Crippen molar-refractivity contribution in [3.63, 3.8) is 0 Å². The lowest BCUT2D eigenvalue weighted by molar-refractivity contribution is 0.284. The summed E-state index contributed by atoms with van der Waals surface area (Å²) in [4.78, 5) is 4.23. The molecule has 2 aromatic rings. The average molecular weight is 311 g/mol. The van der Waals surface area contributed by atoms with Gasteiger partial charge in [-0.05, 0) is 12.8 Å². The molecule has 1 N–H and O–H groups in total. The van der Waals surface area contributed by atoms with Crippen LogP contribution in [0.2, 0.25) is 0 Å². The zero-order chi connectivity index (χ0) is 14.4. The minimum absolute atomic E-state index is 0.0920. The Morgan fingerprint density at radius 2 is 1.85 bits per heavy atom. The molecule has 0 amide bonds. The van der Waals surface area contributed by atoms with E-state index in [0.29, 0.717) is 25.0 Å². The molecular formula is C14H17NO3S2. The van der Waals surface area contributed by atoms with Gasteiger partial charge in [0.05, 0.1) is 11.4 Å². The van der Waals surface area contributed by atoms with Crippen molar-refractivity contribution in [2.24, 2.45) is 0 Å². The van der Waals surface area contributed by atoms with Gasteiger partial charge in [-0.2, -0.15) is 0 Å². The molecular weight excluding hydrogens is 294 g/mol. The van der Waals surface area contributed by atoms with Crippen LogP contribution >= 0.6 is 11.3 Å². The molecule has 0 saturated carbocycles. The van der Waals surface area contributed by atoms with Gasteiger partial charge in [-0.1, -0.05) is 36.8 Å². The molecule has 0 aliphatic carbocycles. The Morgan fingerprint density at radius 3 is 2.55 bits per heavy atom. The predicted octanol–water partition coefficient (Wildman–Crippen LogP) is 2.75. The third kappa shape index (κ3) is 3.88. The van der Waals surface area contributed by atoms with Crippen LogP contribution in [0, 0.1) is 0 Å². The SMILES string of the molecule is O=S(=O)(CCCCCO)c1nc(-c2ccccc2)cs1. The normalized spacial score (nSPS) is 11.7. The van der Waals surface area contributed by atoms with Crippen LogP contribution in [-0.2, 0) is 9.84 Å². The topological polar surface area (TPSA) is 67.3 Å². The number of thiazole rings is 1. The first-order valence-electron chi connectivity index (χ1n) is 6.48. The Morgan fingerprint density at radius 1 is 1.10 bits per heavy atom. The Bertz CT molecular complexity index is 635. The first-order chi connectivity index (χ1) is 9.63. The van der Waals surface area contributed by atoms with Gasteiger partial charge >= 0.3 is 0 Å². The standard InChI is InChI=1S/C14H17NO3S2/c16-9-5-2-6-10-20(17,18)14-15-13(11-19-14)12-7-3-1-4-8-12/h1,3-4,7-8,11,16H,2,5-6,9-10H2. The molecule has 1 aromatic heterocycles. The largest absolute Gasteiger partial charge is 0.396 e. The fourth-order valence-electron chi connectivity index (χ4n) is 1.81. The van der Waals surface area contributed by atoms with Crippen LogP contribution in [0.15, 0.2) is 40.1 Å². The van der Waals surface area contributed by atoms with Gasteiger partial charge in [0.2, 0.25) is 14.2 Å². The molecule has 0 spiro atoms. The van der Waals surface area contributed by atoms with Gasteiger partial charge in [0, 0.05) is 17.6 Å². The van der Waals surface area contributed by atoms with Gasteiger partial charge in [-0.25, -0.2) is 13.4 Å². The number of aromatic nitrogens is 1. The Kier molecular flexibility index (Phi) is 5.28. The van der Waals surface area contributed by atoms with Gasteiger partial charge in [-0.3, -0.25) is 0 Å². The highest BCUT2D eigenvalue weighted by Crippen LogP contribution is 2.25. The van der Waals surface area contributed by atoms with E-state index in [4.69, 9.17) is 5.11 Å². The van der Waals surface area contributed by atoms with E-state index in [0.717, 1.165) is 5.56 Å². The summed E-state index contributed by atoms with van der Waals surface area (Å²) in [7, 11) is -3.30. The lowest BCUT2D eigenvalue weighted by atomic mass is 10.2. The van der Waals surface area contributed by atoms with Crippen molar-refractivity contribution in [3.05, 3.63) is 35.7 Å². The van der Waals surface area contributed by atoms with Gasteiger partial charge in [0.1, 0.15) is 0 Å². The Hall–Kier alpha value is -1.24. The Balaban J connectivity index is 2.08. The summed E-state index contributed by atoms with van der Waals surface area (Å²) in [5.41, 5.74) is 1.62. The first-order valence-corrected chi connectivity index (χ1v) is 9.01. The zero-order valence-electron chi connectivity index (χ0n) is 11.0. The monoisotopic (exact) mass is 311 g/mol. The van der Waals surface area contributed by atoms with Crippen molar-refractivity contribution in [1.82, 2.24) is 4.98 Å². The van der Waals surface area contributed by atoms with Crippen LogP contribution in [-0.4, -0.2) is 30.9 Å². The third-order valence-corrected chi connectivity index (χ3v) is 6.02. The smallest absolute Gasteiger partial charge is 0.209 e. The second-order valence-electron chi connectivity index (χ2n) is 4.47. The third-order valence-electron chi connectivity index (χ3n) is 2.89. The maximum Gasteiger partial charge on any atom is 0.209 e. The summed E-state index contributed by atoms with van der Waals surface area (Å²) in [6, 6.07) is 9.53. The van der Waals surface area contributed by atoms with Gasteiger partial charge in [-0.15, -0.1) is 11.3 Å². The van der Waals surface area contributed by atoms with E-state index in [9.17, 15) is 8.42 Å². The highest BCUT2D eigenvalue weighted by Gasteiger charge is 2.18. The second-order valence-corrected chi connectivity index (χ2v) is 7.61. The van der Waals surface area contributed by atoms with Crippen LogP contribution in [0.1, 0.15) is 19.3 Å². The van der Waals surface area contributed by atoms with E-state index in [1.54, 1.807) is 5.38 Å². The summed E-state index contributed by atoms with van der Waals surface area (Å²) < 4.78 is 24.4. The highest BCUT2D eigenvalue weighted by molar-refractivity contribution is 7.93. The van der Waals surface area contributed by atoms with E-state index in [-0.39, 0.29) is 16.7 Å². The van der Waals surface area contributed by atoms with Crippen LogP contribution < -0.4 is 0 Å². The maximum absolute atomic E-state index is 12.1. The molecule has 0 fully saturated rings. The number of sulfone groups is 1. The molecule has 1 aromatic carbocycles. The highest BCUT2D eigenvalue weighted by atomic mass is 32.2. The second kappa shape index (κ2) is 6.97. The van der Waals surface area contributed by atoms with Crippen molar-refractivity contribution in [2.45, 2.75) is 23.6 Å². The van der Waals surface area contributed by atoms with E-state index in [2.05, 4.69) is 4.98 Å². The van der Waals surface area contributed by atoms with Crippen LogP contribution in [0.5, 0.6) is 0 Å². The molecule has 20 heavy (non-hydrogen) atoms. The Labute approximate surface area is 123 Å². The number of hydrogen-bond acceptors (Lipinski definition) is 5. The summed E-state index contributed by atoms with van der Waals surface area (Å²) in [6.07, 6.45) is 1.92. The number of aliphatic hydroxyl groups excluding tert-OH is 1. The number of hydrogen-bond donors (Lipinski definition) is 1. The van der Waals surface area contributed by atoms with Crippen molar-refractivity contribution in [1.29, 1.82) is 0 Å². The minimum atomic E-state index is -3.30. The molecule has 6 heteroatoms. The lowest BCUT2D eigenvalue weighted by Crippen LogP contribution is -2.06. The number of rotatable bonds is 7. The fourth-order valence-corrected chi connectivity index (χ4v) is 4.34. The molecule has 4 nitrogen and oxygen atoms in total. The van der Waals surface area contributed by atoms with E-state index in [1.807, 2.05) is 30.3 Å². The summed E-state index contributed by atoms with van der Waals surface area (Å²) in [5, 5.41) is 10.5. The van der Waals surface area contributed by atoms with Crippen molar-refractivity contribution >= 4 is 21.2 Å². The quantitative estimate of drug-likeness (QED) is 0.798. The predicted molar refractivity (Wildman–Crippen MR) is 80.5 cm³/mol. The molecule has 0 radical (unpaired) electrons. The molecule has 2 rings (SSSR count). The molecule has 0 atom stereocenters. The van der Waals surface area contributed by atoms with Gasteiger partial charge < -0.3 is 5.11 Å². The van der Waals surface area contributed by atoms with Crippen LogP contribution in [0.4, 0.5) is 0 Å². The first kappa shape index (κ1) is 15.2. The van der Waals surface area contributed by atoms with E-state index in [1.165, 1.54) is 11.3 Å². The van der Waals surface area contributed by atoms with Gasteiger partial charge in [0.25, 0.3) is 0 Å². The van der Waals surface area contributed by atoms with E-state index < -0.39 is 9.84 Å². The number of benzene rings is 1. The minimum Gasteiger partial charge on any atom is -0.396 e. The molecule has 0 saturated heterocycles.